The van der Waals surface area contributed by atoms with Crippen molar-refractivity contribution in [1.29, 1.82) is 0 Å². The third kappa shape index (κ3) is 3.22. The van der Waals surface area contributed by atoms with Gasteiger partial charge in [0.15, 0.2) is 0 Å². The van der Waals surface area contributed by atoms with E-state index >= 15 is 0 Å². The summed E-state index contributed by atoms with van der Waals surface area (Å²) in [6.45, 7) is 2.78. The molecule has 2 fully saturated rings. The molecule has 102 valence electrons. The van der Waals surface area contributed by atoms with E-state index in [-0.39, 0.29) is 23.7 Å². The van der Waals surface area contributed by atoms with Gasteiger partial charge in [-0.2, -0.15) is 0 Å². The van der Waals surface area contributed by atoms with E-state index in [0.29, 0.717) is 19.6 Å². The van der Waals surface area contributed by atoms with Crippen molar-refractivity contribution in [3.8, 4) is 0 Å². The van der Waals surface area contributed by atoms with E-state index < -0.39 is 0 Å². The highest BCUT2D eigenvalue weighted by Crippen LogP contribution is 2.40. The summed E-state index contributed by atoms with van der Waals surface area (Å²) < 4.78 is 4.87. The highest BCUT2D eigenvalue weighted by Gasteiger charge is 2.49. The highest BCUT2D eigenvalue weighted by molar-refractivity contribution is 5.92. The molecule has 0 aromatic carbocycles. The second-order valence-electron chi connectivity index (χ2n) is 5.12. The molecule has 18 heavy (non-hydrogen) atoms. The standard InChI is InChI=1S/C13H22N2O3/c1-18-8-5-14-12(16)10-9-11(10)13(17)15-6-3-2-4-7-15/h10-11H,2-9H2,1H3,(H,14,16). The molecule has 1 saturated heterocycles. The minimum absolute atomic E-state index is 0.00223. The first kappa shape index (κ1) is 13.3. The highest BCUT2D eigenvalue weighted by atomic mass is 16.5. The Balaban J connectivity index is 1.72. The Labute approximate surface area is 108 Å². The minimum Gasteiger partial charge on any atom is -0.383 e. The lowest BCUT2D eigenvalue weighted by molar-refractivity contribution is -0.135. The van der Waals surface area contributed by atoms with Crippen molar-refractivity contribution in [3.63, 3.8) is 0 Å². The number of methoxy groups -OCH3 is 1. The number of carbonyl (C=O) groups excluding carboxylic acids is 2. The molecule has 2 unspecified atom stereocenters. The molecular formula is C13H22N2O3. The van der Waals surface area contributed by atoms with Crippen LogP contribution in [-0.2, 0) is 14.3 Å². The van der Waals surface area contributed by atoms with Gasteiger partial charge in [-0.1, -0.05) is 0 Å². The third-order valence-electron chi connectivity index (χ3n) is 3.72. The van der Waals surface area contributed by atoms with Crippen LogP contribution in [0.4, 0.5) is 0 Å². The number of ether oxygens (including phenoxy) is 1. The third-order valence-corrected chi connectivity index (χ3v) is 3.72. The Morgan fingerprint density at radius 3 is 2.61 bits per heavy atom. The van der Waals surface area contributed by atoms with Crippen molar-refractivity contribution in [1.82, 2.24) is 10.2 Å². The van der Waals surface area contributed by atoms with Gasteiger partial charge in [0.2, 0.25) is 11.8 Å². The van der Waals surface area contributed by atoms with E-state index in [1.165, 1.54) is 6.42 Å². The van der Waals surface area contributed by atoms with Gasteiger partial charge in [0.05, 0.1) is 18.4 Å². The molecule has 1 heterocycles. The molecule has 1 saturated carbocycles. The molecule has 0 bridgehead atoms. The van der Waals surface area contributed by atoms with Gasteiger partial charge in [0.1, 0.15) is 0 Å². The van der Waals surface area contributed by atoms with Crippen LogP contribution in [0, 0.1) is 11.8 Å². The fourth-order valence-corrected chi connectivity index (χ4v) is 2.51. The largest absolute Gasteiger partial charge is 0.383 e. The second kappa shape index (κ2) is 6.18. The lowest BCUT2D eigenvalue weighted by atomic mass is 10.1. The molecule has 1 N–H and O–H groups in total. The van der Waals surface area contributed by atoms with E-state index in [1.807, 2.05) is 4.90 Å². The molecule has 5 heteroatoms. The number of likely N-dealkylation sites (tertiary alicyclic amines) is 1. The smallest absolute Gasteiger partial charge is 0.226 e. The number of nitrogens with one attached hydrogen (secondary N) is 1. The maximum Gasteiger partial charge on any atom is 0.226 e. The number of piperidine rings is 1. The van der Waals surface area contributed by atoms with Gasteiger partial charge in [-0.3, -0.25) is 9.59 Å². The summed E-state index contributed by atoms with van der Waals surface area (Å²) in [6, 6.07) is 0. The molecule has 1 aliphatic carbocycles. The van der Waals surface area contributed by atoms with Crippen LogP contribution in [0.15, 0.2) is 0 Å². The lowest BCUT2D eigenvalue weighted by Gasteiger charge is -2.26. The maximum absolute atomic E-state index is 12.1. The van der Waals surface area contributed by atoms with E-state index in [0.717, 1.165) is 25.9 Å². The van der Waals surface area contributed by atoms with Crippen molar-refractivity contribution in [2.75, 3.05) is 33.4 Å². The predicted molar refractivity (Wildman–Crippen MR) is 66.9 cm³/mol. The van der Waals surface area contributed by atoms with Crippen molar-refractivity contribution in [2.45, 2.75) is 25.7 Å². The number of carbonyl (C=O) groups is 2. The van der Waals surface area contributed by atoms with Gasteiger partial charge in [-0.15, -0.1) is 0 Å². The fourth-order valence-electron chi connectivity index (χ4n) is 2.51. The lowest BCUT2D eigenvalue weighted by Crippen LogP contribution is -2.38. The Bertz CT molecular complexity index is 313. The molecule has 2 amide bonds. The topological polar surface area (TPSA) is 58.6 Å². The average molecular weight is 254 g/mol. The summed E-state index contributed by atoms with van der Waals surface area (Å²) in [7, 11) is 1.60. The second-order valence-corrected chi connectivity index (χ2v) is 5.12. The van der Waals surface area contributed by atoms with E-state index in [1.54, 1.807) is 7.11 Å². The number of hydrogen-bond acceptors (Lipinski definition) is 3. The molecule has 0 aromatic heterocycles. The Hall–Kier alpha value is -1.10. The van der Waals surface area contributed by atoms with E-state index in [9.17, 15) is 9.59 Å². The zero-order valence-corrected chi connectivity index (χ0v) is 11.0. The summed E-state index contributed by atoms with van der Waals surface area (Å²) in [4.78, 5) is 25.8. The van der Waals surface area contributed by atoms with Gasteiger partial charge >= 0.3 is 0 Å². The molecule has 0 spiro atoms. The summed E-state index contributed by atoms with van der Waals surface area (Å²) in [5, 5.41) is 2.80. The average Bonchev–Trinajstić information content (AvgIpc) is 3.19. The van der Waals surface area contributed by atoms with E-state index in [2.05, 4.69) is 5.32 Å². The number of hydrogen-bond donors (Lipinski definition) is 1. The normalized spacial score (nSPS) is 26.8. The van der Waals surface area contributed by atoms with Crippen LogP contribution in [0.2, 0.25) is 0 Å². The molecule has 0 aromatic rings. The molecule has 5 nitrogen and oxygen atoms in total. The van der Waals surface area contributed by atoms with Crippen LogP contribution >= 0.6 is 0 Å². The zero-order chi connectivity index (χ0) is 13.0. The summed E-state index contributed by atoms with van der Waals surface area (Å²) in [5.41, 5.74) is 0. The van der Waals surface area contributed by atoms with Crippen molar-refractivity contribution < 1.29 is 14.3 Å². The first-order chi connectivity index (χ1) is 8.74. The van der Waals surface area contributed by atoms with Gasteiger partial charge < -0.3 is 15.0 Å². The van der Waals surface area contributed by atoms with Gasteiger partial charge in [0, 0.05) is 26.7 Å². The SMILES string of the molecule is COCCNC(=O)C1CC1C(=O)N1CCCCC1. The molecule has 0 radical (unpaired) electrons. The quantitative estimate of drug-likeness (QED) is 0.722. The summed E-state index contributed by atoms with van der Waals surface area (Å²) in [5.74, 6) is 0.0194. The van der Waals surface area contributed by atoms with Crippen LogP contribution in [-0.4, -0.2) is 50.1 Å². The Kier molecular flexibility index (Phi) is 4.58. The maximum atomic E-state index is 12.1. The Morgan fingerprint density at radius 1 is 1.22 bits per heavy atom. The molecule has 2 aliphatic rings. The fraction of sp³-hybridized carbons (Fsp3) is 0.846. The molecule has 2 atom stereocenters. The first-order valence-corrected chi connectivity index (χ1v) is 6.79. The van der Waals surface area contributed by atoms with Crippen LogP contribution < -0.4 is 5.32 Å². The monoisotopic (exact) mass is 254 g/mol. The zero-order valence-electron chi connectivity index (χ0n) is 11.0. The summed E-state index contributed by atoms with van der Waals surface area (Å²) in [6.07, 6.45) is 4.13. The van der Waals surface area contributed by atoms with E-state index in [4.69, 9.17) is 4.74 Å². The molecule has 2 rings (SSSR count). The Morgan fingerprint density at radius 2 is 1.94 bits per heavy atom. The molecular weight excluding hydrogens is 232 g/mol. The number of rotatable bonds is 5. The van der Waals surface area contributed by atoms with Gasteiger partial charge in [0.25, 0.3) is 0 Å². The van der Waals surface area contributed by atoms with Crippen molar-refractivity contribution in [2.24, 2.45) is 11.8 Å². The number of nitrogens with zero attached hydrogens (tertiary/aromatic N) is 1. The van der Waals surface area contributed by atoms with Gasteiger partial charge in [-0.25, -0.2) is 0 Å². The van der Waals surface area contributed by atoms with Crippen molar-refractivity contribution >= 4 is 11.8 Å². The predicted octanol–water partition coefficient (Wildman–Crippen LogP) is 0.398. The summed E-state index contributed by atoms with van der Waals surface area (Å²) >= 11 is 0. The first-order valence-electron chi connectivity index (χ1n) is 6.79. The van der Waals surface area contributed by atoms with Crippen LogP contribution in [0.3, 0.4) is 0 Å². The van der Waals surface area contributed by atoms with Crippen molar-refractivity contribution in [3.05, 3.63) is 0 Å². The van der Waals surface area contributed by atoms with Gasteiger partial charge in [-0.05, 0) is 25.7 Å². The van der Waals surface area contributed by atoms with Crippen LogP contribution in [0.5, 0.6) is 0 Å². The minimum atomic E-state index is -0.101. The van der Waals surface area contributed by atoms with Crippen LogP contribution in [0.25, 0.3) is 0 Å². The number of amides is 2. The molecule has 1 aliphatic heterocycles. The van der Waals surface area contributed by atoms with Crippen LogP contribution in [0.1, 0.15) is 25.7 Å².